The summed E-state index contributed by atoms with van der Waals surface area (Å²) in [5, 5.41) is 5.37. The lowest BCUT2D eigenvalue weighted by Gasteiger charge is -2.08. The van der Waals surface area contributed by atoms with Crippen molar-refractivity contribution >= 4 is 22.4 Å². The zero-order valence-corrected chi connectivity index (χ0v) is 17.8. The number of anilines is 1. The van der Waals surface area contributed by atoms with Gasteiger partial charge in [0.1, 0.15) is 11.5 Å². The van der Waals surface area contributed by atoms with Crippen LogP contribution < -0.4 is 14.8 Å². The number of nitrogens with zero attached hydrogens (tertiary/aromatic N) is 1. The second-order valence-electron chi connectivity index (χ2n) is 6.76. The van der Waals surface area contributed by atoms with Gasteiger partial charge >= 0.3 is 0 Å². The predicted molar refractivity (Wildman–Crippen MR) is 118 cm³/mol. The van der Waals surface area contributed by atoms with Crippen LogP contribution in [-0.2, 0) is 0 Å². The smallest absolute Gasteiger partial charge is 0.257 e. The molecule has 0 radical (unpaired) electrons. The van der Waals surface area contributed by atoms with E-state index in [4.69, 9.17) is 9.47 Å². The van der Waals surface area contributed by atoms with Gasteiger partial charge in [-0.1, -0.05) is 25.8 Å². The number of rotatable bonds is 9. The van der Waals surface area contributed by atoms with Crippen LogP contribution in [0, 0.1) is 6.92 Å². The van der Waals surface area contributed by atoms with Crippen molar-refractivity contribution in [1.82, 2.24) is 4.98 Å². The minimum atomic E-state index is -0.198. The third-order valence-electron chi connectivity index (χ3n) is 4.53. The molecule has 0 atom stereocenters. The van der Waals surface area contributed by atoms with Crippen molar-refractivity contribution in [3.8, 4) is 22.8 Å². The summed E-state index contributed by atoms with van der Waals surface area (Å²) >= 11 is 1.40. The highest BCUT2D eigenvalue weighted by Gasteiger charge is 2.12. The van der Waals surface area contributed by atoms with Gasteiger partial charge in [-0.25, -0.2) is 4.98 Å². The first-order chi connectivity index (χ1) is 14.1. The third-order valence-corrected chi connectivity index (χ3v) is 5.29. The van der Waals surface area contributed by atoms with Crippen molar-refractivity contribution in [3.05, 3.63) is 59.0 Å². The summed E-state index contributed by atoms with van der Waals surface area (Å²) < 4.78 is 11.0. The van der Waals surface area contributed by atoms with Gasteiger partial charge in [-0.2, -0.15) is 0 Å². The molecule has 0 aliphatic rings. The second kappa shape index (κ2) is 10.1. The monoisotopic (exact) mass is 410 g/mol. The molecule has 3 rings (SSSR count). The van der Waals surface area contributed by atoms with E-state index < -0.39 is 0 Å². The molecule has 0 aliphatic heterocycles. The number of aromatic nitrogens is 1. The Morgan fingerprint density at radius 1 is 1.17 bits per heavy atom. The molecular formula is C23H26N2O3S. The molecule has 29 heavy (non-hydrogen) atoms. The summed E-state index contributed by atoms with van der Waals surface area (Å²) in [5.41, 5.74) is 3.40. The highest BCUT2D eigenvalue weighted by Crippen LogP contribution is 2.29. The number of benzene rings is 2. The molecule has 2 aromatic carbocycles. The maximum Gasteiger partial charge on any atom is 0.257 e. The number of aryl methyl sites for hydroxylation is 1. The number of ether oxygens (including phenoxy) is 2. The van der Waals surface area contributed by atoms with Gasteiger partial charge in [0, 0.05) is 16.5 Å². The van der Waals surface area contributed by atoms with Crippen LogP contribution >= 0.6 is 11.3 Å². The molecule has 0 bridgehead atoms. The maximum atomic E-state index is 12.6. The van der Waals surface area contributed by atoms with Gasteiger partial charge in [0.25, 0.3) is 5.91 Å². The van der Waals surface area contributed by atoms with Crippen LogP contribution in [0.3, 0.4) is 0 Å². The maximum absolute atomic E-state index is 12.6. The molecule has 1 N–H and O–H groups in total. The van der Waals surface area contributed by atoms with Gasteiger partial charge in [0.2, 0.25) is 0 Å². The Balaban J connectivity index is 1.65. The zero-order valence-electron chi connectivity index (χ0n) is 17.0. The molecule has 0 saturated carbocycles. The molecule has 152 valence electrons. The predicted octanol–water partition coefficient (Wildman–Crippen LogP) is 5.95. The van der Waals surface area contributed by atoms with Crippen molar-refractivity contribution in [2.75, 3.05) is 19.0 Å². The average Bonchev–Trinajstić information content (AvgIpc) is 3.20. The summed E-state index contributed by atoms with van der Waals surface area (Å²) in [6, 6.07) is 13.2. The zero-order chi connectivity index (χ0) is 20.6. The van der Waals surface area contributed by atoms with Crippen molar-refractivity contribution in [1.29, 1.82) is 0 Å². The van der Waals surface area contributed by atoms with E-state index in [9.17, 15) is 4.79 Å². The number of amides is 1. The van der Waals surface area contributed by atoms with E-state index in [0.717, 1.165) is 41.8 Å². The highest BCUT2D eigenvalue weighted by atomic mass is 32.1. The molecule has 0 saturated heterocycles. The Labute approximate surface area is 175 Å². The highest BCUT2D eigenvalue weighted by molar-refractivity contribution is 7.14. The number of carbonyl (C=O) groups is 1. The Morgan fingerprint density at radius 3 is 2.79 bits per heavy atom. The van der Waals surface area contributed by atoms with Crippen molar-refractivity contribution < 1.29 is 14.3 Å². The number of nitrogens with one attached hydrogen (secondary N) is 1. The van der Waals surface area contributed by atoms with Crippen molar-refractivity contribution in [3.63, 3.8) is 0 Å². The van der Waals surface area contributed by atoms with Gasteiger partial charge < -0.3 is 9.47 Å². The molecular weight excluding hydrogens is 384 g/mol. The first kappa shape index (κ1) is 20.9. The lowest BCUT2D eigenvalue weighted by molar-refractivity contribution is 0.102. The van der Waals surface area contributed by atoms with Gasteiger partial charge in [-0.3, -0.25) is 10.1 Å². The first-order valence-electron chi connectivity index (χ1n) is 9.75. The summed E-state index contributed by atoms with van der Waals surface area (Å²) in [7, 11) is 1.66. The third kappa shape index (κ3) is 5.57. The lowest BCUT2D eigenvalue weighted by atomic mass is 10.1. The summed E-state index contributed by atoms with van der Waals surface area (Å²) in [5.74, 6) is 1.35. The van der Waals surface area contributed by atoms with E-state index >= 15 is 0 Å². The lowest BCUT2D eigenvalue weighted by Crippen LogP contribution is -2.11. The summed E-state index contributed by atoms with van der Waals surface area (Å²) in [6.07, 6.45) is 3.30. The molecule has 0 unspecified atom stereocenters. The number of methoxy groups -OCH3 is 1. The number of thiazole rings is 1. The normalized spacial score (nSPS) is 10.6. The minimum Gasteiger partial charge on any atom is -0.496 e. The number of carbonyl (C=O) groups excluding carboxylic acids is 1. The van der Waals surface area contributed by atoms with E-state index in [0.29, 0.717) is 23.1 Å². The van der Waals surface area contributed by atoms with Crippen LogP contribution in [0.5, 0.6) is 11.5 Å². The van der Waals surface area contributed by atoms with Gasteiger partial charge in [0.05, 0.1) is 19.4 Å². The fraction of sp³-hybridized carbons (Fsp3) is 0.304. The molecule has 0 fully saturated rings. The molecule has 0 spiro atoms. The average molecular weight is 411 g/mol. The fourth-order valence-electron chi connectivity index (χ4n) is 2.94. The van der Waals surface area contributed by atoms with E-state index in [2.05, 4.69) is 17.2 Å². The van der Waals surface area contributed by atoms with Gasteiger partial charge in [0.15, 0.2) is 5.13 Å². The molecule has 5 nitrogen and oxygen atoms in total. The molecule has 1 aromatic heterocycles. The molecule has 1 amide bonds. The van der Waals surface area contributed by atoms with Gasteiger partial charge in [-0.05, 0) is 55.3 Å². The quantitative estimate of drug-likeness (QED) is 0.443. The summed E-state index contributed by atoms with van der Waals surface area (Å²) in [4.78, 5) is 17.2. The molecule has 1 heterocycles. The number of hydrogen-bond donors (Lipinski definition) is 1. The Bertz CT molecular complexity index is 968. The number of unbranched alkanes of at least 4 members (excludes halogenated alkanes) is 2. The van der Waals surface area contributed by atoms with Crippen LogP contribution in [-0.4, -0.2) is 24.6 Å². The Morgan fingerprint density at radius 2 is 2.03 bits per heavy atom. The van der Waals surface area contributed by atoms with Crippen LogP contribution in [0.4, 0.5) is 5.13 Å². The fourth-order valence-corrected chi connectivity index (χ4v) is 3.65. The second-order valence-corrected chi connectivity index (χ2v) is 7.62. The van der Waals surface area contributed by atoms with Gasteiger partial charge in [-0.15, -0.1) is 11.3 Å². The van der Waals surface area contributed by atoms with Crippen LogP contribution in [0.1, 0.15) is 42.1 Å². The summed E-state index contributed by atoms with van der Waals surface area (Å²) in [6.45, 7) is 4.82. The van der Waals surface area contributed by atoms with E-state index in [1.807, 2.05) is 42.6 Å². The minimum absolute atomic E-state index is 0.198. The Kier molecular flexibility index (Phi) is 7.25. The first-order valence-corrected chi connectivity index (χ1v) is 10.6. The Hall–Kier alpha value is -2.86. The largest absolute Gasteiger partial charge is 0.496 e. The van der Waals surface area contributed by atoms with Crippen LogP contribution in [0.2, 0.25) is 0 Å². The number of hydrogen-bond acceptors (Lipinski definition) is 5. The van der Waals surface area contributed by atoms with E-state index in [1.54, 1.807) is 19.2 Å². The SMILES string of the molecule is CCCCCOc1cccc(C(=O)Nc2nc(-c3ccc(OC)c(C)c3)cs2)c1. The molecule has 0 aliphatic carbocycles. The van der Waals surface area contributed by atoms with Crippen LogP contribution in [0.15, 0.2) is 47.8 Å². The van der Waals surface area contributed by atoms with Crippen LogP contribution in [0.25, 0.3) is 11.3 Å². The van der Waals surface area contributed by atoms with E-state index in [-0.39, 0.29) is 5.91 Å². The topological polar surface area (TPSA) is 60.5 Å². The molecule has 3 aromatic rings. The standard InChI is InChI=1S/C23H26N2O3S/c1-4-5-6-12-28-19-9-7-8-18(14-19)22(26)25-23-24-20(15-29-23)17-10-11-21(27-3)16(2)13-17/h7-11,13-15H,4-6,12H2,1-3H3,(H,24,25,26). The molecule has 6 heteroatoms. The van der Waals surface area contributed by atoms with Crippen molar-refractivity contribution in [2.45, 2.75) is 33.1 Å². The van der Waals surface area contributed by atoms with E-state index in [1.165, 1.54) is 11.3 Å². The van der Waals surface area contributed by atoms with Crippen molar-refractivity contribution in [2.24, 2.45) is 0 Å².